The lowest BCUT2D eigenvalue weighted by Gasteiger charge is -2.31. The second-order valence-corrected chi connectivity index (χ2v) is 6.53. The van der Waals surface area contributed by atoms with E-state index in [0.717, 1.165) is 64.1 Å². The largest absolute Gasteiger partial charge is 0.481 e. The monoisotopic (exact) mass is 372 g/mol. The molecular weight excluding hydrogens is 340 g/mol. The molecule has 0 bridgehead atoms. The summed E-state index contributed by atoms with van der Waals surface area (Å²) in [5, 5.41) is 6.73. The van der Waals surface area contributed by atoms with E-state index < -0.39 is 0 Å². The van der Waals surface area contributed by atoms with Crippen LogP contribution in [-0.4, -0.2) is 69.4 Å². The van der Waals surface area contributed by atoms with E-state index in [1.807, 2.05) is 12.1 Å². The van der Waals surface area contributed by atoms with Crippen LogP contribution in [0.5, 0.6) is 5.75 Å². The minimum atomic E-state index is 0.298. The highest BCUT2D eigenvalue weighted by Gasteiger charge is 2.16. The zero-order valence-electron chi connectivity index (χ0n) is 16.5. The Labute approximate surface area is 163 Å². The summed E-state index contributed by atoms with van der Waals surface area (Å²) in [5.41, 5.74) is 1.24. The summed E-state index contributed by atoms with van der Waals surface area (Å²) < 4.78 is 10.8. The molecule has 0 spiro atoms. The van der Waals surface area contributed by atoms with Crippen LogP contribution in [0, 0.1) is 12.3 Å². The second-order valence-electron chi connectivity index (χ2n) is 6.53. The number of terminal acetylenes is 1. The molecule has 1 aromatic rings. The number of morpholine rings is 1. The van der Waals surface area contributed by atoms with Gasteiger partial charge in [-0.1, -0.05) is 18.1 Å². The summed E-state index contributed by atoms with van der Waals surface area (Å²) in [6.07, 6.45) is 6.12. The summed E-state index contributed by atoms with van der Waals surface area (Å²) in [5.74, 6) is 4.14. The molecule has 1 saturated heterocycles. The van der Waals surface area contributed by atoms with Gasteiger partial charge in [0.05, 0.1) is 19.8 Å². The van der Waals surface area contributed by atoms with Crippen LogP contribution >= 0.6 is 0 Å². The Bertz CT molecular complexity index is 604. The van der Waals surface area contributed by atoms with Gasteiger partial charge in [0.1, 0.15) is 12.4 Å². The molecule has 27 heavy (non-hydrogen) atoms. The van der Waals surface area contributed by atoms with Gasteiger partial charge in [-0.05, 0) is 38.0 Å². The van der Waals surface area contributed by atoms with Crippen molar-refractivity contribution in [2.45, 2.75) is 26.3 Å². The lowest BCUT2D eigenvalue weighted by molar-refractivity contribution is 0.0220. The van der Waals surface area contributed by atoms with Gasteiger partial charge in [0.25, 0.3) is 0 Å². The average molecular weight is 373 g/mol. The molecule has 6 nitrogen and oxygen atoms in total. The van der Waals surface area contributed by atoms with Crippen molar-refractivity contribution >= 4 is 5.96 Å². The molecule has 148 valence electrons. The predicted octanol–water partition coefficient (Wildman–Crippen LogP) is 1.52. The minimum Gasteiger partial charge on any atom is -0.481 e. The summed E-state index contributed by atoms with van der Waals surface area (Å²) in [6, 6.07) is 8.46. The zero-order chi connectivity index (χ0) is 19.3. The maximum Gasteiger partial charge on any atom is 0.191 e. The number of hydrogen-bond donors (Lipinski definition) is 2. The Hall–Kier alpha value is -2.23. The van der Waals surface area contributed by atoms with Gasteiger partial charge in [0, 0.05) is 32.2 Å². The molecule has 1 fully saturated rings. The molecule has 1 aromatic carbocycles. The first-order valence-electron chi connectivity index (χ1n) is 9.72. The smallest absolute Gasteiger partial charge is 0.191 e. The van der Waals surface area contributed by atoms with Crippen LogP contribution < -0.4 is 15.4 Å². The highest BCUT2D eigenvalue weighted by atomic mass is 16.5. The molecular formula is C21H32N4O2. The third kappa shape index (κ3) is 7.90. The highest BCUT2D eigenvalue weighted by molar-refractivity contribution is 5.79. The Balaban J connectivity index is 1.76. The molecule has 0 aromatic heterocycles. The Morgan fingerprint density at radius 2 is 2.04 bits per heavy atom. The van der Waals surface area contributed by atoms with Gasteiger partial charge in [-0.3, -0.25) is 9.89 Å². The average Bonchev–Trinajstić information content (AvgIpc) is 2.71. The molecule has 1 heterocycles. The number of hydrogen-bond acceptors (Lipinski definition) is 4. The van der Waals surface area contributed by atoms with Gasteiger partial charge in [-0.25, -0.2) is 0 Å². The summed E-state index contributed by atoms with van der Waals surface area (Å²) in [6.45, 7) is 10.7. The molecule has 0 radical (unpaired) electrons. The van der Waals surface area contributed by atoms with E-state index in [0.29, 0.717) is 12.6 Å². The van der Waals surface area contributed by atoms with Crippen molar-refractivity contribution in [2.75, 3.05) is 52.5 Å². The van der Waals surface area contributed by atoms with Gasteiger partial charge in [0.2, 0.25) is 0 Å². The third-order valence-corrected chi connectivity index (χ3v) is 4.48. The van der Waals surface area contributed by atoms with E-state index in [-0.39, 0.29) is 0 Å². The lowest BCUT2D eigenvalue weighted by atomic mass is 10.1. The molecule has 1 atom stereocenters. The molecule has 1 unspecified atom stereocenters. The van der Waals surface area contributed by atoms with Crippen molar-refractivity contribution in [2.24, 2.45) is 4.99 Å². The Morgan fingerprint density at radius 3 is 2.70 bits per heavy atom. The van der Waals surface area contributed by atoms with Crippen LogP contribution in [0.4, 0.5) is 0 Å². The topological polar surface area (TPSA) is 58.1 Å². The minimum absolute atomic E-state index is 0.298. The molecule has 2 N–H and O–H groups in total. The fraction of sp³-hybridized carbons (Fsp3) is 0.571. The number of benzene rings is 1. The normalized spacial score (nSPS) is 16.4. The Kier molecular flexibility index (Phi) is 9.53. The van der Waals surface area contributed by atoms with Crippen molar-refractivity contribution < 1.29 is 9.47 Å². The van der Waals surface area contributed by atoms with Crippen molar-refractivity contribution in [1.29, 1.82) is 0 Å². The fourth-order valence-electron chi connectivity index (χ4n) is 2.90. The van der Waals surface area contributed by atoms with Gasteiger partial charge < -0.3 is 20.1 Å². The lowest BCUT2D eigenvalue weighted by Crippen LogP contribution is -2.44. The van der Waals surface area contributed by atoms with Crippen LogP contribution in [0.15, 0.2) is 29.3 Å². The predicted molar refractivity (Wildman–Crippen MR) is 110 cm³/mol. The molecule has 1 aliphatic rings. The molecule has 0 amide bonds. The van der Waals surface area contributed by atoms with Crippen molar-refractivity contribution in [3.8, 4) is 18.1 Å². The van der Waals surface area contributed by atoms with E-state index in [2.05, 4.69) is 47.4 Å². The summed E-state index contributed by atoms with van der Waals surface area (Å²) in [4.78, 5) is 7.17. The number of ether oxygens (including phenoxy) is 2. The van der Waals surface area contributed by atoms with Crippen molar-refractivity contribution in [3.63, 3.8) is 0 Å². The molecule has 6 heteroatoms. The molecule has 0 saturated carbocycles. The molecule has 0 aliphatic carbocycles. The quantitative estimate of drug-likeness (QED) is 0.391. The van der Waals surface area contributed by atoms with Crippen LogP contribution in [0.25, 0.3) is 0 Å². The summed E-state index contributed by atoms with van der Waals surface area (Å²) in [7, 11) is 0. The van der Waals surface area contributed by atoms with E-state index >= 15 is 0 Å². The number of rotatable bonds is 9. The maximum absolute atomic E-state index is 5.42. The second kappa shape index (κ2) is 12.2. The van der Waals surface area contributed by atoms with E-state index in [4.69, 9.17) is 20.9 Å². The van der Waals surface area contributed by atoms with E-state index in [1.54, 1.807) is 0 Å². The Morgan fingerprint density at radius 1 is 1.30 bits per heavy atom. The number of aliphatic imine (C=N–C) groups is 1. The first-order valence-corrected chi connectivity index (χ1v) is 9.72. The van der Waals surface area contributed by atoms with E-state index in [9.17, 15) is 0 Å². The van der Waals surface area contributed by atoms with Crippen LogP contribution in [0.2, 0.25) is 0 Å². The zero-order valence-corrected chi connectivity index (χ0v) is 16.5. The van der Waals surface area contributed by atoms with Crippen LogP contribution in [-0.2, 0) is 11.2 Å². The van der Waals surface area contributed by atoms with Crippen molar-refractivity contribution in [1.82, 2.24) is 15.5 Å². The third-order valence-electron chi connectivity index (χ3n) is 4.48. The highest BCUT2D eigenvalue weighted by Crippen LogP contribution is 2.12. The summed E-state index contributed by atoms with van der Waals surface area (Å²) >= 11 is 0. The van der Waals surface area contributed by atoms with Crippen molar-refractivity contribution in [3.05, 3.63) is 29.8 Å². The van der Waals surface area contributed by atoms with Crippen LogP contribution in [0.1, 0.15) is 19.4 Å². The van der Waals surface area contributed by atoms with Crippen LogP contribution in [0.3, 0.4) is 0 Å². The maximum atomic E-state index is 5.42. The molecule has 1 aliphatic heterocycles. The van der Waals surface area contributed by atoms with Gasteiger partial charge in [-0.2, -0.15) is 0 Å². The number of nitrogens with zero attached hydrogens (tertiary/aromatic N) is 2. The van der Waals surface area contributed by atoms with Gasteiger partial charge in [-0.15, -0.1) is 6.42 Å². The molecule has 2 rings (SSSR count). The first kappa shape index (κ1) is 21.1. The standard InChI is InChI=1S/C21H32N4O2/c1-4-14-27-20-8-6-19(7-9-20)10-11-23-21(22-5-2)24-17-18(3)25-12-15-26-16-13-25/h1,6-9,18H,5,10-17H2,2-3H3,(H2,22,23,24). The fourth-order valence-corrected chi connectivity index (χ4v) is 2.90. The SMILES string of the molecule is C#CCOc1ccc(CCNC(=NCC(C)N2CCOCC2)NCC)cc1. The van der Waals surface area contributed by atoms with Gasteiger partial charge >= 0.3 is 0 Å². The first-order chi connectivity index (χ1) is 13.2. The van der Waals surface area contributed by atoms with Gasteiger partial charge in [0.15, 0.2) is 5.96 Å². The number of guanidine groups is 1. The van der Waals surface area contributed by atoms with E-state index in [1.165, 1.54) is 5.56 Å². The number of nitrogens with one attached hydrogen (secondary N) is 2.